The number of benzene rings is 1. The fraction of sp³-hybridized carbons (Fsp3) is 0.455. The summed E-state index contributed by atoms with van der Waals surface area (Å²) in [5, 5.41) is 0. The molecule has 0 aliphatic carbocycles. The smallest absolute Gasteiger partial charge is 0.277 e. The van der Waals surface area contributed by atoms with Crippen LogP contribution in [0.1, 0.15) is 11.1 Å². The summed E-state index contributed by atoms with van der Waals surface area (Å²) in [6.07, 6.45) is 0. The molecule has 0 saturated heterocycles. The molecule has 0 saturated carbocycles. The van der Waals surface area contributed by atoms with Gasteiger partial charge >= 0.3 is 0 Å². The van der Waals surface area contributed by atoms with Crippen LogP contribution < -0.4 is 15.2 Å². The van der Waals surface area contributed by atoms with Crippen molar-refractivity contribution >= 4 is 10.2 Å². The molecule has 1 aromatic carbocycles. The van der Waals surface area contributed by atoms with Gasteiger partial charge in [-0.25, -0.2) is 0 Å². The molecule has 0 aliphatic heterocycles. The Bertz CT molecular complexity index is 445. The van der Waals surface area contributed by atoms with E-state index in [9.17, 15) is 8.42 Å². The lowest BCUT2D eigenvalue weighted by Gasteiger charge is -2.08. The topological polar surface area (TPSA) is 93.4 Å². The quantitative estimate of drug-likeness (QED) is 0.568. The first-order valence-electron chi connectivity index (χ1n) is 5.58. The van der Waals surface area contributed by atoms with Crippen molar-refractivity contribution in [3.05, 3.63) is 35.4 Å². The molecule has 0 aliphatic rings. The fourth-order valence-corrected chi connectivity index (χ4v) is 2.11. The molecule has 0 heterocycles. The van der Waals surface area contributed by atoms with Crippen molar-refractivity contribution in [3.63, 3.8) is 0 Å². The Morgan fingerprint density at radius 1 is 1.17 bits per heavy atom. The SMILES string of the molecule is COCCNS(=O)(=O)NCc1ccc(CN)cc1. The summed E-state index contributed by atoms with van der Waals surface area (Å²) < 4.78 is 32.6. The summed E-state index contributed by atoms with van der Waals surface area (Å²) in [5.41, 5.74) is 7.37. The molecule has 0 amide bonds. The van der Waals surface area contributed by atoms with E-state index in [1.165, 1.54) is 7.11 Å². The van der Waals surface area contributed by atoms with Gasteiger partial charge in [0.2, 0.25) is 0 Å². The first kappa shape index (κ1) is 15.1. The Hall–Kier alpha value is -0.990. The van der Waals surface area contributed by atoms with Gasteiger partial charge in [0.25, 0.3) is 10.2 Å². The number of hydrogen-bond acceptors (Lipinski definition) is 4. The third-order valence-corrected chi connectivity index (χ3v) is 3.43. The summed E-state index contributed by atoms with van der Waals surface area (Å²) in [7, 11) is -1.96. The van der Waals surface area contributed by atoms with Gasteiger partial charge in [-0.05, 0) is 11.1 Å². The number of nitrogens with one attached hydrogen (secondary N) is 2. The minimum atomic E-state index is -3.47. The van der Waals surface area contributed by atoms with Gasteiger partial charge in [-0.2, -0.15) is 17.9 Å². The van der Waals surface area contributed by atoms with Gasteiger partial charge in [-0.15, -0.1) is 0 Å². The number of nitrogens with two attached hydrogens (primary N) is 1. The second kappa shape index (κ2) is 7.45. The number of hydrogen-bond donors (Lipinski definition) is 3. The second-order valence-corrected chi connectivity index (χ2v) is 5.32. The van der Waals surface area contributed by atoms with E-state index < -0.39 is 10.2 Å². The van der Waals surface area contributed by atoms with Gasteiger partial charge in [-0.1, -0.05) is 24.3 Å². The van der Waals surface area contributed by atoms with Gasteiger partial charge in [0.1, 0.15) is 0 Å². The summed E-state index contributed by atoms with van der Waals surface area (Å²) in [6.45, 7) is 1.31. The van der Waals surface area contributed by atoms with Crippen molar-refractivity contribution in [3.8, 4) is 0 Å². The van der Waals surface area contributed by atoms with Crippen LogP contribution in [0, 0.1) is 0 Å². The zero-order chi connectivity index (χ0) is 13.4. The number of methoxy groups -OCH3 is 1. The van der Waals surface area contributed by atoms with E-state index in [4.69, 9.17) is 10.5 Å². The Balaban J connectivity index is 2.43. The number of rotatable bonds is 8. The van der Waals surface area contributed by atoms with E-state index in [0.717, 1.165) is 11.1 Å². The lowest BCUT2D eigenvalue weighted by Crippen LogP contribution is -2.37. The molecule has 0 fully saturated rings. The molecule has 0 spiro atoms. The molecule has 7 heteroatoms. The third-order valence-electron chi connectivity index (χ3n) is 2.32. The van der Waals surface area contributed by atoms with Gasteiger partial charge in [-0.3, -0.25) is 0 Å². The Morgan fingerprint density at radius 3 is 2.33 bits per heavy atom. The van der Waals surface area contributed by atoms with Crippen LogP contribution >= 0.6 is 0 Å². The molecule has 1 rings (SSSR count). The molecular formula is C11H19N3O3S. The normalized spacial score (nSPS) is 11.7. The van der Waals surface area contributed by atoms with E-state index in [1.807, 2.05) is 24.3 Å². The highest BCUT2D eigenvalue weighted by atomic mass is 32.2. The molecule has 0 atom stereocenters. The molecule has 1 aromatic rings. The molecule has 4 N–H and O–H groups in total. The molecule has 0 radical (unpaired) electrons. The van der Waals surface area contributed by atoms with Crippen LogP contribution in [-0.2, 0) is 28.0 Å². The Morgan fingerprint density at radius 2 is 1.78 bits per heavy atom. The van der Waals surface area contributed by atoms with Gasteiger partial charge in [0.05, 0.1) is 6.61 Å². The highest BCUT2D eigenvalue weighted by molar-refractivity contribution is 7.87. The minimum Gasteiger partial charge on any atom is -0.383 e. The maximum absolute atomic E-state index is 11.5. The molecular weight excluding hydrogens is 254 g/mol. The van der Waals surface area contributed by atoms with Crippen molar-refractivity contribution in [2.75, 3.05) is 20.3 Å². The van der Waals surface area contributed by atoms with Crippen LogP contribution in [0.5, 0.6) is 0 Å². The molecule has 0 bridgehead atoms. The van der Waals surface area contributed by atoms with Crippen molar-refractivity contribution in [1.82, 2.24) is 9.44 Å². The maximum Gasteiger partial charge on any atom is 0.277 e. The summed E-state index contributed by atoms with van der Waals surface area (Å²) >= 11 is 0. The van der Waals surface area contributed by atoms with Crippen molar-refractivity contribution < 1.29 is 13.2 Å². The highest BCUT2D eigenvalue weighted by Gasteiger charge is 2.07. The van der Waals surface area contributed by atoms with Crippen LogP contribution in [0.3, 0.4) is 0 Å². The number of ether oxygens (including phenoxy) is 1. The van der Waals surface area contributed by atoms with E-state index in [1.54, 1.807) is 0 Å². The first-order chi connectivity index (χ1) is 8.57. The zero-order valence-corrected chi connectivity index (χ0v) is 11.2. The van der Waals surface area contributed by atoms with E-state index in [0.29, 0.717) is 13.2 Å². The third kappa shape index (κ3) is 5.56. The molecule has 102 valence electrons. The predicted molar refractivity (Wildman–Crippen MR) is 70.0 cm³/mol. The van der Waals surface area contributed by atoms with E-state index in [-0.39, 0.29) is 13.1 Å². The molecule has 0 aromatic heterocycles. The van der Waals surface area contributed by atoms with Crippen LogP contribution in [0.4, 0.5) is 0 Å². The Labute approximate surface area is 108 Å². The van der Waals surface area contributed by atoms with E-state index in [2.05, 4.69) is 9.44 Å². The van der Waals surface area contributed by atoms with Gasteiger partial charge in [0, 0.05) is 26.7 Å². The largest absolute Gasteiger partial charge is 0.383 e. The van der Waals surface area contributed by atoms with Gasteiger partial charge < -0.3 is 10.5 Å². The molecule has 6 nitrogen and oxygen atoms in total. The fourth-order valence-electron chi connectivity index (χ4n) is 1.30. The van der Waals surface area contributed by atoms with Gasteiger partial charge in [0.15, 0.2) is 0 Å². The predicted octanol–water partition coefficient (Wildman–Crippen LogP) is -0.284. The summed E-state index contributed by atoms with van der Waals surface area (Å²) in [5.74, 6) is 0. The summed E-state index contributed by atoms with van der Waals surface area (Å²) in [4.78, 5) is 0. The minimum absolute atomic E-state index is 0.243. The van der Waals surface area contributed by atoms with Crippen LogP contribution in [0.15, 0.2) is 24.3 Å². The monoisotopic (exact) mass is 273 g/mol. The molecule has 18 heavy (non-hydrogen) atoms. The lowest BCUT2D eigenvalue weighted by molar-refractivity contribution is 0.204. The van der Waals surface area contributed by atoms with Crippen LogP contribution in [0.25, 0.3) is 0 Å². The van der Waals surface area contributed by atoms with Crippen LogP contribution in [-0.4, -0.2) is 28.7 Å². The second-order valence-electron chi connectivity index (χ2n) is 3.73. The highest BCUT2D eigenvalue weighted by Crippen LogP contribution is 2.03. The average Bonchev–Trinajstić information content (AvgIpc) is 2.37. The standard InChI is InChI=1S/C11H19N3O3S/c1-17-7-6-13-18(15,16)14-9-11-4-2-10(8-12)3-5-11/h2-5,13-14H,6-9,12H2,1H3. The lowest BCUT2D eigenvalue weighted by atomic mass is 10.1. The maximum atomic E-state index is 11.5. The average molecular weight is 273 g/mol. The zero-order valence-electron chi connectivity index (χ0n) is 10.3. The molecule has 0 unspecified atom stereocenters. The summed E-state index contributed by atoms with van der Waals surface area (Å²) in [6, 6.07) is 7.45. The Kier molecular flexibility index (Phi) is 6.23. The van der Waals surface area contributed by atoms with Crippen LogP contribution in [0.2, 0.25) is 0 Å². The van der Waals surface area contributed by atoms with Crippen molar-refractivity contribution in [2.45, 2.75) is 13.1 Å². The van der Waals surface area contributed by atoms with E-state index >= 15 is 0 Å². The van der Waals surface area contributed by atoms with Crippen molar-refractivity contribution in [1.29, 1.82) is 0 Å². The first-order valence-corrected chi connectivity index (χ1v) is 7.07. The van der Waals surface area contributed by atoms with Crippen molar-refractivity contribution in [2.24, 2.45) is 5.73 Å².